The Morgan fingerprint density at radius 3 is 2.67 bits per heavy atom. The van der Waals surface area contributed by atoms with Crippen molar-refractivity contribution in [1.82, 2.24) is 9.38 Å². The van der Waals surface area contributed by atoms with E-state index in [4.69, 9.17) is 16.3 Å². The zero-order valence-electron chi connectivity index (χ0n) is 11.2. The lowest BCUT2D eigenvalue weighted by Crippen LogP contribution is -2.14. The van der Waals surface area contributed by atoms with Gasteiger partial charge in [-0.1, -0.05) is 11.6 Å². The SMILES string of the molecule is COc1ccc(Nc2cc(=O)n3cc(Cl)ccc3n2)cc1. The fourth-order valence-electron chi connectivity index (χ4n) is 1.96. The molecule has 21 heavy (non-hydrogen) atoms. The van der Waals surface area contributed by atoms with Crippen LogP contribution in [0.4, 0.5) is 11.5 Å². The molecule has 5 nitrogen and oxygen atoms in total. The first-order valence-corrected chi connectivity index (χ1v) is 6.63. The lowest BCUT2D eigenvalue weighted by molar-refractivity contribution is 0.415. The van der Waals surface area contributed by atoms with Crippen LogP contribution in [0.5, 0.6) is 5.75 Å². The van der Waals surface area contributed by atoms with Gasteiger partial charge in [-0.2, -0.15) is 0 Å². The molecule has 3 rings (SSSR count). The number of hydrogen-bond acceptors (Lipinski definition) is 4. The number of hydrogen-bond donors (Lipinski definition) is 1. The minimum atomic E-state index is -0.196. The van der Waals surface area contributed by atoms with E-state index < -0.39 is 0 Å². The molecule has 0 unspecified atom stereocenters. The Labute approximate surface area is 125 Å². The Kier molecular flexibility index (Phi) is 3.50. The topological polar surface area (TPSA) is 55.6 Å². The summed E-state index contributed by atoms with van der Waals surface area (Å²) in [5.41, 5.74) is 1.16. The summed E-state index contributed by atoms with van der Waals surface area (Å²) < 4.78 is 6.50. The van der Waals surface area contributed by atoms with Gasteiger partial charge in [0, 0.05) is 18.0 Å². The van der Waals surface area contributed by atoms with Gasteiger partial charge < -0.3 is 10.1 Å². The zero-order chi connectivity index (χ0) is 14.8. The highest BCUT2D eigenvalue weighted by Gasteiger charge is 2.03. The summed E-state index contributed by atoms with van der Waals surface area (Å²) in [5.74, 6) is 1.24. The Balaban J connectivity index is 1.97. The van der Waals surface area contributed by atoms with Crippen molar-refractivity contribution in [2.45, 2.75) is 0 Å². The molecule has 0 spiro atoms. The maximum atomic E-state index is 12.0. The number of nitrogens with one attached hydrogen (secondary N) is 1. The van der Waals surface area contributed by atoms with Crippen molar-refractivity contribution >= 4 is 28.8 Å². The molecule has 3 aromatic rings. The monoisotopic (exact) mass is 301 g/mol. The summed E-state index contributed by atoms with van der Waals surface area (Å²) >= 11 is 5.87. The van der Waals surface area contributed by atoms with Gasteiger partial charge in [0.25, 0.3) is 5.56 Å². The third kappa shape index (κ3) is 2.83. The summed E-state index contributed by atoms with van der Waals surface area (Å²) in [6, 6.07) is 12.2. The molecule has 1 N–H and O–H groups in total. The molecule has 6 heteroatoms. The van der Waals surface area contributed by atoms with Gasteiger partial charge in [-0.25, -0.2) is 4.98 Å². The second-order valence-electron chi connectivity index (χ2n) is 4.41. The van der Waals surface area contributed by atoms with Crippen molar-refractivity contribution in [3.05, 3.63) is 64.0 Å². The van der Waals surface area contributed by atoms with E-state index in [1.165, 1.54) is 10.5 Å². The Hall–Kier alpha value is -2.53. The van der Waals surface area contributed by atoms with Crippen LogP contribution >= 0.6 is 11.6 Å². The molecule has 106 valence electrons. The van der Waals surface area contributed by atoms with Crippen LogP contribution in [-0.2, 0) is 0 Å². The number of methoxy groups -OCH3 is 1. The quantitative estimate of drug-likeness (QED) is 0.807. The van der Waals surface area contributed by atoms with Crippen LogP contribution in [0.3, 0.4) is 0 Å². The van der Waals surface area contributed by atoms with E-state index in [-0.39, 0.29) is 5.56 Å². The number of fused-ring (bicyclic) bond motifs is 1. The molecule has 0 bridgehead atoms. The van der Waals surface area contributed by atoms with Gasteiger partial charge in [0.15, 0.2) is 0 Å². The number of nitrogens with zero attached hydrogens (tertiary/aromatic N) is 2. The zero-order valence-corrected chi connectivity index (χ0v) is 12.0. The molecule has 2 aromatic heterocycles. The molecule has 0 saturated carbocycles. The van der Waals surface area contributed by atoms with Gasteiger partial charge in [-0.15, -0.1) is 0 Å². The molecule has 2 heterocycles. The maximum absolute atomic E-state index is 12.0. The van der Waals surface area contributed by atoms with E-state index in [1.54, 1.807) is 25.4 Å². The average Bonchev–Trinajstić information content (AvgIpc) is 2.49. The number of benzene rings is 1. The second kappa shape index (κ2) is 5.46. The average molecular weight is 302 g/mol. The van der Waals surface area contributed by atoms with Crippen LogP contribution in [0.15, 0.2) is 53.5 Å². The second-order valence-corrected chi connectivity index (χ2v) is 4.85. The minimum Gasteiger partial charge on any atom is -0.497 e. The summed E-state index contributed by atoms with van der Waals surface area (Å²) in [6.45, 7) is 0. The van der Waals surface area contributed by atoms with E-state index in [0.29, 0.717) is 16.5 Å². The number of aromatic nitrogens is 2. The van der Waals surface area contributed by atoms with Crippen LogP contribution in [-0.4, -0.2) is 16.5 Å². The molecule has 0 fully saturated rings. The van der Waals surface area contributed by atoms with Crippen molar-refractivity contribution in [1.29, 1.82) is 0 Å². The summed E-state index contributed by atoms with van der Waals surface area (Å²) in [5, 5.41) is 3.58. The van der Waals surface area contributed by atoms with Gasteiger partial charge in [0.2, 0.25) is 0 Å². The standard InChI is InChI=1S/C15H12ClN3O2/c1-21-12-5-3-11(4-6-12)17-13-8-15(20)19-9-10(16)2-7-14(19)18-13/h2-9,17H,1H3. The number of rotatable bonds is 3. The molecule has 0 saturated heterocycles. The summed E-state index contributed by atoms with van der Waals surface area (Å²) in [4.78, 5) is 16.4. The van der Waals surface area contributed by atoms with Crippen LogP contribution in [0.2, 0.25) is 5.02 Å². The smallest absolute Gasteiger partial charge is 0.260 e. The lowest BCUT2D eigenvalue weighted by Gasteiger charge is -2.08. The third-order valence-electron chi connectivity index (χ3n) is 2.99. The molecule has 0 atom stereocenters. The Morgan fingerprint density at radius 1 is 1.19 bits per heavy atom. The fourth-order valence-corrected chi connectivity index (χ4v) is 2.12. The highest BCUT2D eigenvalue weighted by Crippen LogP contribution is 2.18. The molecule has 0 radical (unpaired) electrons. The maximum Gasteiger partial charge on any atom is 0.260 e. The van der Waals surface area contributed by atoms with Crippen LogP contribution < -0.4 is 15.6 Å². The number of anilines is 2. The fraction of sp³-hybridized carbons (Fsp3) is 0.0667. The third-order valence-corrected chi connectivity index (χ3v) is 3.21. The van der Waals surface area contributed by atoms with Gasteiger partial charge in [-0.3, -0.25) is 9.20 Å². The summed E-state index contributed by atoms with van der Waals surface area (Å²) in [7, 11) is 1.61. The molecular weight excluding hydrogens is 290 g/mol. The molecule has 0 aliphatic carbocycles. The van der Waals surface area contributed by atoms with E-state index in [9.17, 15) is 4.79 Å². The number of halogens is 1. The molecule has 0 amide bonds. The predicted molar refractivity (Wildman–Crippen MR) is 82.7 cm³/mol. The first-order valence-electron chi connectivity index (χ1n) is 6.26. The Morgan fingerprint density at radius 2 is 1.95 bits per heavy atom. The van der Waals surface area contributed by atoms with E-state index in [2.05, 4.69) is 10.3 Å². The Bertz CT molecular complexity index is 844. The van der Waals surface area contributed by atoms with Gasteiger partial charge in [0.05, 0.1) is 12.1 Å². The lowest BCUT2D eigenvalue weighted by atomic mass is 10.3. The highest BCUT2D eigenvalue weighted by molar-refractivity contribution is 6.30. The van der Waals surface area contributed by atoms with Crippen LogP contribution in [0.25, 0.3) is 5.65 Å². The van der Waals surface area contributed by atoms with Gasteiger partial charge in [-0.05, 0) is 36.4 Å². The molecule has 1 aromatic carbocycles. The van der Waals surface area contributed by atoms with Crippen molar-refractivity contribution < 1.29 is 4.74 Å². The van der Waals surface area contributed by atoms with Crippen molar-refractivity contribution in [3.63, 3.8) is 0 Å². The van der Waals surface area contributed by atoms with Gasteiger partial charge >= 0.3 is 0 Å². The van der Waals surface area contributed by atoms with E-state index in [1.807, 2.05) is 24.3 Å². The first-order chi connectivity index (χ1) is 10.2. The van der Waals surface area contributed by atoms with E-state index >= 15 is 0 Å². The van der Waals surface area contributed by atoms with E-state index in [0.717, 1.165) is 11.4 Å². The predicted octanol–water partition coefficient (Wildman–Crippen LogP) is 3.10. The van der Waals surface area contributed by atoms with Gasteiger partial charge in [0.1, 0.15) is 17.2 Å². The van der Waals surface area contributed by atoms with Crippen LogP contribution in [0, 0.1) is 0 Å². The van der Waals surface area contributed by atoms with Crippen molar-refractivity contribution in [2.75, 3.05) is 12.4 Å². The largest absolute Gasteiger partial charge is 0.497 e. The van der Waals surface area contributed by atoms with Crippen LogP contribution in [0.1, 0.15) is 0 Å². The first kappa shape index (κ1) is 13.5. The van der Waals surface area contributed by atoms with Crippen molar-refractivity contribution in [3.8, 4) is 5.75 Å². The van der Waals surface area contributed by atoms with Crippen molar-refractivity contribution in [2.24, 2.45) is 0 Å². The highest BCUT2D eigenvalue weighted by atomic mass is 35.5. The molecule has 0 aliphatic rings. The normalized spacial score (nSPS) is 10.6. The molecular formula is C15H12ClN3O2. The number of ether oxygens (including phenoxy) is 1. The minimum absolute atomic E-state index is 0.196. The molecule has 0 aliphatic heterocycles. The summed E-state index contributed by atoms with van der Waals surface area (Å²) in [6.07, 6.45) is 1.55. The number of pyridine rings is 1.